The summed E-state index contributed by atoms with van der Waals surface area (Å²) in [5, 5.41) is 0. The molecule has 1 amide bonds. The highest BCUT2D eigenvalue weighted by Gasteiger charge is 2.20. The summed E-state index contributed by atoms with van der Waals surface area (Å²) >= 11 is 3.31. The molecule has 1 atom stereocenters. The van der Waals surface area contributed by atoms with Gasteiger partial charge in [-0.2, -0.15) is 0 Å². The Kier molecular flexibility index (Phi) is 5.55. The van der Waals surface area contributed by atoms with E-state index in [0.717, 1.165) is 17.3 Å². The number of anilines is 1. The van der Waals surface area contributed by atoms with Crippen LogP contribution >= 0.6 is 15.9 Å². The number of carbonyl (C=O) groups is 1. The lowest BCUT2D eigenvalue weighted by Gasteiger charge is -2.25. The molecule has 0 aliphatic heterocycles. The van der Waals surface area contributed by atoms with Crippen LogP contribution in [0.1, 0.15) is 37.0 Å². The second-order valence-electron chi connectivity index (χ2n) is 4.25. The summed E-state index contributed by atoms with van der Waals surface area (Å²) in [4.78, 5) is 18.2. The first-order valence-electron chi connectivity index (χ1n) is 5.90. The van der Waals surface area contributed by atoms with E-state index in [4.69, 9.17) is 5.84 Å². The number of hydrogen-bond acceptors (Lipinski definition) is 4. The van der Waals surface area contributed by atoms with Gasteiger partial charge in [-0.15, -0.1) is 0 Å². The zero-order valence-electron chi connectivity index (χ0n) is 10.9. The number of pyridine rings is 1. The van der Waals surface area contributed by atoms with Crippen molar-refractivity contribution in [2.45, 2.75) is 32.7 Å². The van der Waals surface area contributed by atoms with Gasteiger partial charge in [0.2, 0.25) is 0 Å². The number of rotatable bonds is 5. The van der Waals surface area contributed by atoms with Gasteiger partial charge in [-0.3, -0.25) is 4.79 Å². The van der Waals surface area contributed by atoms with Crippen LogP contribution in [0.4, 0.5) is 5.82 Å². The van der Waals surface area contributed by atoms with Crippen molar-refractivity contribution in [3.63, 3.8) is 0 Å². The van der Waals surface area contributed by atoms with Crippen molar-refractivity contribution in [2.75, 3.05) is 12.5 Å². The fourth-order valence-corrected chi connectivity index (χ4v) is 2.05. The number of amides is 1. The number of aromatic nitrogens is 1. The van der Waals surface area contributed by atoms with Gasteiger partial charge in [-0.1, -0.05) is 13.3 Å². The molecule has 0 aromatic carbocycles. The Morgan fingerprint density at radius 2 is 2.33 bits per heavy atom. The van der Waals surface area contributed by atoms with E-state index in [2.05, 4.69) is 33.3 Å². The van der Waals surface area contributed by atoms with Crippen molar-refractivity contribution in [1.82, 2.24) is 9.88 Å². The normalized spacial score (nSPS) is 12.1. The zero-order chi connectivity index (χ0) is 13.7. The SMILES string of the molecule is CCCC(C)N(C)C(=O)c1cc(Br)cnc1NN. The van der Waals surface area contributed by atoms with Crippen LogP contribution in [0.3, 0.4) is 0 Å². The Bertz CT molecular complexity index is 425. The molecule has 0 saturated heterocycles. The van der Waals surface area contributed by atoms with Gasteiger partial charge < -0.3 is 10.3 Å². The molecule has 6 heteroatoms. The molecule has 5 nitrogen and oxygen atoms in total. The molecule has 18 heavy (non-hydrogen) atoms. The zero-order valence-corrected chi connectivity index (χ0v) is 12.5. The van der Waals surface area contributed by atoms with E-state index in [1.165, 1.54) is 0 Å². The van der Waals surface area contributed by atoms with Crippen molar-refractivity contribution < 1.29 is 4.79 Å². The molecule has 0 saturated carbocycles. The maximum Gasteiger partial charge on any atom is 0.257 e. The van der Waals surface area contributed by atoms with E-state index in [9.17, 15) is 4.79 Å². The molecular weight excluding hydrogens is 296 g/mol. The largest absolute Gasteiger partial charge is 0.339 e. The van der Waals surface area contributed by atoms with Gasteiger partial charge in [0.15, 0.2) is 5.82 Å². The van der Waals surface area contributed by atoms with Gasteiger partial charge in [0.05, 0.1) is 5.56 Å². The number of hydrazine groups is 1. The van der Waals surface area contributed by atoms with Gasteiger partial charge in [0, 0.05) is 23.8 Å². The second kappa shape index (κ2) is 6.70. The van der Waals surface area contributed by atoms with Gasteiger partial charge >= 0.3 is 0 Å². The summed E-state index contributed by atoms with van der Waals surface area (Å²) in [6.45, 7) is 4.13. The van der Waals surface area contributed by atoms with E-state index in [1.54, 1.807) is 24.2 Å². The van der Waals surface area contributed by atoms with Gasteiger partial charge in [-0.25, -0.2) is 10.8 Å². The van der Waals surface area contributed by atoms with Crippen molar-refractivity contribution in [1.29, 1.82) is 0 Å². The smallest absolute Gasteiger partial charge is 0.257 e. The minimum Gasteiger partial charge on any atom is -0.339 e. The summed E-state index contributed by atoms with van der Waals surface area (Å²) < 4.78 is 0.751. The Hall–Kier alpha value is -1.14. The molecule has 3 N–H and O–H groups in total. The van der Waals surface area contributed by atoms with Crippen LogP contribution in [0.5, 0.6) is 0 Å². The van der Waals surface area contributed by atoms with Crippen molar-refractivity contribution in [3.8, 4) is 0 Å². The summed E-state index contributed by atoms with van der Waals surface area (Å²) in [7, 11) is 1.80. The van der Waals surface area contributed by atoms with Crippen LogP contribution in [0.25, 0.3) is 0 Å². The molecule has 1 heterocycles. The minimum atomic E-state index is -0.0855. The fraction of sp³-hybridized carbons (Fsp3) is 0.500. The van der Waals surface area contributed by atoms with E-state index in [0.29, 0.717) is 11.4 Å². The number of nitrogen functional groups attached to an aromatic ring is 1. The lowest BCUT2D eigenvalue weighted by atomic mass is 10.1. The molecule has 0 bridgehead atoms. The maximum atomic E-state index is 12.4. The average molecular weight is 315 g/mol. The first kappa shape index (κ1) is 14.9. The Balaban J connectivity index is 2.98. The van der Waals surface area contributed by atoms with Crippen LogP contribution in [0.2, 0.25) is 0 Å². The molecule has 1 rings (SSSR count). The molecule has 1 aromatic heterocycles. The first-order chi connectivity index (χ1) is 8.51. The maximum absolute atomic E-state index is 12.4. The number of carbonyl (C=O) groups excluding carboxylic acids is 1. The van der Waals surface area contributed by atoms with E-state index >= 15 is 0 Å². The van der Waals surface area contributed by atoms with Crippen molar-refractivity contribution >= 4 is 27.7 Å². The average Bonchev–Trinajstić information content (AvgIpc) is 2.37. The van der Waals surface area contributed by atoms with E-state index in [1.807, 2.05) is 6.92 Å². The number of halogens is 1. The summed E-state index contributed by atoms with van der Waals surface area (Å²) in [5.41, 5.74) is 2.92. The Morgan fingerprint density at radius 3 is 2.89 bits per heavy atom. The van der Waals surface area contributed by atoms with Crippen LogP contribution in [-0.4, -0.2) is 28.9 Å². The first-order valence-corrected chi connectivity index (χ1v) is 6.69. The minimum absolute atomic E-state index is 0.0855. The van der Waals surface area contributed by atoms with Crippen LogP contribution in [0, 0.1) is 0 Å². The highest BCUT2D eigenvalue weighted by Crippen LogP contribution is 2.20. The highest BCUT2D eigenvalue weighted by molar-refractivity contribution is 9.10. The topological polar surface area (TPSA) is 71.2 Å². The van der Waals surface area contributed by atoms with E-state index in [-0.39, 0.29) is 11.9 Å². The van der Waals surface area contributed by atoms with Crippen LogP contribution in [0.15, 0.2) is 16.7 Å². The molecule has 0 aliphatic rings. The molecule has 0 fully saturated rings. The second-order valence-corrected chi connectivity index (χ2v) is 5.16. The van der Waals surface area contributed by atoms with Crippen LogP contribution < -0.4 is 11.3 Å². The molecule has 1 unspecified atom stereocenters. The summed E-state index contributed by atoms with van der Waals surface area (Å²) in [5.74, 6) is 5.68. The third-order valence-corrected chi connectivity index (χ3v) is 3.34. The number of hydrogen-bond donors (Lipinski definition) is 2. The van der Waals surface area contributed by atoms with Crippen molar-refractivity contribution in [3.05, 3.63) is 22.3 Å². The number of nitrogens with zero attached hydrogens (tertiary/aromatic N) is 2. The van der Waals surface area contributed by atoms with Gasteiger partial charge in [-0.05, 0) is 35.3 Å². The van der Waals surface area contributed by atoms with E-state index < -0.39 is 0 Å². The fourth-order valence-electron chi connectivity index (χ4n) is 1.72. The molecule has 1 aromatic rings. The monoisotopic (exact) mass is 314 g/mol. The Labute approximate surface area is 116 Å². The lowest BCUT2D eigenvalue weighted by molar-refractivity contribution is 0.0737. The standard InChI is InChI=1S/C12H19BrN4O/c1-4-5-8(2)17(3)12(18)10-6-9(13)7-15-11(10)16-14/h6-8H,4-5,14H2,1-3H3,(H,15,16). The number of nitrogens with two attached hydrogens (primary N) is 1. The predicted molar refractivity (Wildman–Crippen MR) is 76.2 cm³/mol. The lowest BCUT2D eigenvalue weighted by Crippen LogP contribution is -2.35. The third kappa shape index (κ3) is 3.43. The molecule has 0 radical (unpaired) electrons. The highest BCUT2D eigenvalue weighted by atomic mass is 79.9. The predicted octanol–water partition coefficient (Wildman–Crippen LogP) is 2.39. The quantitative estimate of drug-likeness (QED) is 0.646. The molecule has 0 aliphatic carbocycles. The summed E-state index contributed by atoms with van der Waals surface area (Å²) in [6, 6.07) is 1.91. The summed E-state index contributed by atoms with van der Waals surface area (Å²) in [6.07, 6.45) is 3.61. The third-order valence-electron chi connectivity index (χ3n) is 2.91. The van der Waals surface area contributed by atoms with Gasteiger partial charge in [0.1, 0.15) is 0 Å². The molecular formula is C12H19BrN4O. The Morgan fingerprint density at radius 1 is 1.67 bits per heavy atom. The molecule has 100 valence electrons. The number of nitrogens with one attached hydrogen (secondary N) is 1. The van der Waals surface area contributed by atoms with Crippen LogP contribution in [-0.2, 0) is 0 Å². The van der Waals surface area contributed by atoms with Crippen molar-refractivity contribution in [2.24, 2.45) is 5.84 Å². The van der Waals surface area contributed by atoms with Gasteiger partial charge in [0.25, 0.3) is 5.91 Å². The molecule has 0 spiro atoms.